The van der Waals surface area contributed by atoms with Crippen LogP contribution < -0.4 is 20.7 Å². The van der Waals surface area contributed by atoms with E-state index in [4.69, 9.17) is 10.5 Å². The van der Waals surface area contributed by atoms with E-state index in [1.54, 1.807) is 23.1 Å². The van der Waals surface area contributed by atoms with Gasteiger partial charge in [-0.3, -0.25) is 14.4 Å². The van der Waals surface area contributed by atoms with Crippen molar-refractivity contribution in [1.29, 1.82) is 0 Å². The Hall–Kier alpha value is -3.39. The van der Waals surface area contributed by atoms with Crippen LogP contribution in [-0.2, 0) is 19.8 Å². The number of amides is 3. The van der Waals surface area contributed by atoms with Gasteiger partial charge in [0.2, 0.25) is 11.8 Å². The predicted molar refractivity (Wildman–Crippen MR) is 135 cm³/mol. The average Bonchev–Trinajstić information content (AvgIpc) is 2.76. The van der Waals surface area contributed by atoms with Crippen LogP contribution in [0.25, 0.3) is 0 Å². The standard InChI is InChI=1S/C27H35N4O4/c1-18(32)31-22-10-8-7-9-21(22)27(4,24(25(28)34)26(31,2)3)19-11-13-20(14-12-19)35-17-23(33)29-15-16-30(5)6/h8-14,24H,15-17H2,1-6H3,(H2,28,34)(H,29,33). The van der Waals surface area contributed by atoms with Crippen LogP contribution in [0.3, 0.4) is 0 Å². The van der Waals surface area contributed by atoms with Gasteiger partial charge in [-0.25, -0.2) is 0 Å². The number of hydrogen-bond donors (Lipinski definition) is 2. The summed E-state index contributed by atoms with van der Waals surface area (Å²) >= 11 is 0. The van der Waals surface area contributed by atoms with Crippen LogP contribution in [0.1, 0.15) is 38.8 Å². The molecule has 0 aliphatic carbocycles. The average molecular weight is 480 g/mol. The quantitative estimate of drug-likeness (QED) is 0.603. The Kier molecular flexibility index (Phi) is 7.55. The third kappa shape index (κ3) is 5.03. The molecule has 3 amide bonds. The molecule has 0 saturated carbocycles. The van der Waals surface area contributed by atoms with Gasteiger partial charge in [0.25, 0.3) is 5.91 Å². The third-order valence-corrected chi connectivity index (χ3v) is 6.81. The molecule has 1 aliphatic heterocycles. The summed E-state index contributed by atoms with van der Waals surface area (Å²) in [7, 11) is 3.88. The number of carbonyl (C=O) groups is 3. The minimum absolute atomic E-state index is 0.0909. The fraction of sp³-hybridized carbons (Fsp3) is 0.444. The van der Waals surface area contributed by atoms with Crippen molar-refractivity contribution in [2.45, 2.75) is 38.6 Å². The number of likely N-dealkylation sites (N-methyl/N-ethyl adjacent to an activating group) is 1. The maximum absolute atomic E-state index is 12.9. The highest BCUT2D eigenvalue weighted by Gasteiger charge is 2.57. The molecule has 1 radical (unpaired) electrons. The van der Waals surface area contributed by atoms with Gasteiger partial charge in [-0.2, -0.15) is 0 Å². The molecule has 0 aromatic heterocycles. The van der Waals surface area contributed by atoms with Gasteiger partial charge in [0.1, 0.15) is 5.75 Å². The second kappa shape index (κ2) is 10.1. The molecule has 35 heavy (non-hydrogen) atoms. The molecule has 2 atom stereocenters. The van der Waals surface area contributed by atoms with Crippen LogP contribution in [0.4, 0.5) is 5.69 Å². The first-order chi connectivity index (χ1) is 16.4. The number of benzene rings is 2. The molecule has 0 fully saturated rings. The Morgan fingerprint density at radius 1 is 1.14 bits per heavy atom. The smallest absolute Gasteiger partial charge is 0.257 e. The highest BCUT2D eigenvalue weighted by atomic mass is 16.5. The van der Waals surface area contributed by atoms with Crippen molar-refractivity contribution in [2.75, 3.05) is 38.7 Å². The summed E-state index contributed by atoms with van der Waals surface area (Å²) in [4.78, 5) is 41.3. The second-order valence-corrected chi connectivity index (χ2v) is 9.96. The Labute approximate surface area is 207 Å². The molecule has 3 rings (SSSR count). The summed E-state index contributed by atoms with van der Waals surface area (Å²) in [5.74, 6) is -1.02. The zero-order chi connectivity index (χ0) is 26.0. The van der Waals surface area contributed by atoms with Gasteiger partial charge in [0.15, 0.2) is 6.61 Å². The van der Waals surface area contributed by atoms with Crippen molar-refractivity contribution in [3.8, 4) is 5.75 Å². The van der Waals surface area contributed by atoms with E-state index >= 15 is 0 Å². The molecule has 1 aliphatic rings. The Balaban J connectivity index is 1.93. The summed E-state index contributed by atoms with van der Waals surface area (Å²) in [6.07, 6.45) is 0. The second-order valence-electron chi connectivity index (χ2n) is 9.96. The van der Waals surface area contributed by atoms with E-state index in [0.717, 1.165) is 23.4 Å². The molecule has 0 spiro atoms. The predicted octanol–water partition coefficient (Wildman–Crippen LogP) is 2.10. The lowest BCUT2D eigenvalue weighted by molar-refractivity contribution is -0.127. The molecule has 2 unspecified atom stereocenters. The van der Waals surface area contributed by atoms with Crippen molar-refractivity contribution in [3.05, 3.63) is 59.7 Å². The first kappa shape index (κ1) is 26.2. The summed E-state index contributed by atoms with van der Waals surface area (Å²) in [6.45, 7) is 8.41. The van der Waals surface area contributed by atoms with Crippen molar-refractivity contribution >= 4 is 23.4 Å². The number of primary amides is 1. The van der Waals surface area contributed by atoms with Crippen LogP contribution in [0.15, 0.2) is 42.5 Å². The van der Waals surface area contributed by atoms with Gasteiger partial charge in [-0.15, -0.1) is 0 Å². The number of ether oxygens (including phenoxy) is 1. The maximum atomic E-state index is 12.9. The molecular formula is C27H35N4O4. The molecule has 1 heterocycles. The zero-order valence-corrected chi connectivity index (χ0v) is 21.3. The number of nitrogens with one attached hydrogen (secondary N) is 1. The number of fused-ring (bicyclic) bond motifs is 1. The Morgan fingerprint density at radius 2 is 1.80 bits per heavy atom. The van der Waals surface area contributed by atoms with Gasteiger partial charge in [-0.1, -0.05) is 25.1 Å². The molecule has 3 N–H and O–H groups in total. The van der Waals surface area contributed by atoms with Crippen LogP contribution in [0.5, 0.6) is 5.75 Å². The van der Waals surface area contributed by atoms with Gasteiger partial charge in [0.05, 0.1) is 11.5 Å². The van der Waals surface area contributed by atoms with Gasteiger partial charge in [-0.05, 0) is 69.4 Å². The first-order valence-corrected chi connectivity index (χ1v) is 11.7. The largest absolute Gasteiger partial charge is 0.484 e. The highest BCUT2D eigenvalue weighted by Crippen LogP contribution is 2.54. The van der Waals surface area contributed by atoms with E-state index in [2.05, 4.69) is 11.4 Å². The van der Waals surface area contributed by atoms with Crippen molar-refractivity contribution in [2.24, 2.45) is 11.7 Å². The van der Waals surface area contributed by atoms with E-state index in [-0.39, 0.29) is 18.4 Å². The topological polar surface area (TPSA) is 105 Å². The summed E-state index contributed by atoms with van der Waals surface area (Å²) in [5, 5.41) is 2.81. The summed E-state index contributed by atoms with van der Waals surface area (Å²) in [6, 6.07) is 15.8. The van der Waals surface area contributed by atoms with Crippen LogP contribution in [0.2, 0.25) is 0 Å². The molecule has 187 valence electrons. The van der Waals surface area contributed by atoms with Crippen LogP contribution >= 0.6 is 0 Å². The fourth-order valence-electron chi connectivity index (χ4n) is 5.38. The molecule has 0 bridgehead atoms. The lowest BCUT2D eigenvalue weighted by atomic mass is 9.57. The SMILES string of the molecule is CC(=O)N1c2cc[c]cc2C(C)(c2ccc(OCC(=O)NCCN(C)C)cc2)C(C(N)=O)C1(C)C. The summed E-state index contributed by atoms with van der Waals surface area (Å²) in [5.41, 5.74) is 6.67. The first-order valence-electron chi connectivity index (χ1n) is 11.7. The third-order valence-electron chi connectivity index (χ3n) is 6.81. The van der Waals surface area contributed by atoms with Gasteiger partial charge >= 0.3 is 0 Å². The van der Waals surface area contributed by atoms with Crippen molar-refractivity contribution < 1.29 is 19.1 Å². The van der Waals surface area contributed by atoms with Gasteiger partial charge < -0.3 is 25.6 Å². The van der Waals surface area contributed by atoms with E-state index in [1.165, 1.54) is 6.92 Å². The maximum Gasteiger partial charge on any atom is 0.257 e. The fourth-order valence-corrected chi connectivity index (χ4v) is 5.38. The van der Waals surface area contributed by atoms with Crippen LogP contribution in [0, 0.1) is 12.0 Å². The number of hydrogen-bond acceptors (Lipinski definition) is 5. The van der Waals surface area contributed by atoms with Crippen molar-refractivity contribution in [1.82, 2.24) is 10.2 Å². The normalized spacial score (nSPS) is 20.8. The van der Waals surface area contributed by atoms with E-state index in [0.29, 0.717) is 12.3 Å². The highest BCUT2D eigenvalue weighted by molar-refractivity contribution is 5.98. The number of carbonyl (C=O) groups excluding carboxylic acids is 3. The lowest BCUT2D eigenvalue weighted by Crippen LogP contribution is -2.65. The molecule has 0 saturated heterocycles. The minimum Gasteiger partial charge on any atom is -0.484 e. The number of rotatable bonds is 8. The van der Waals surface area contributed by atoms with E-state index in [9.17, 15) is 14.4 Å². The monoisotopic (exact) mass is 479 g/mol. The molecular weight excluding hydrogens is 444 g/mol. The van der Waals surface area contributed by atoms with E-state index < -0.39 is 22.8 Å². The van der Waals surface area contributed by atoms with Gasteiger partial charge in [0, 0.05) is 31.1 Å². The van der Waals surface area contributed by atoms with Crippen molar-refractivity contribution in [3.63, 3.8) is 0 Å². The Bertz CT molecular complexity index is 1100. The molecule has 8 heteroatoms. The number of nitrogens with two attached hydrogens (primary N) is 1. The zero-order valence-electron chi connectivity index (χ0n) is 21.3. The lowest BCUT2D eigenvalue weighted by Gasteiger charge is -2.55. The minimum atomic E-state index is -0.874. The van der Waals surface area contributed by atoms with E-state index in [1.807, 2.05) is 64.0 Å². The van der Waals surface area contributed by atoms with Crippen LogP contribution in [-0.4, -0.2) is 62.0 Å². The molecule has 2 aromatic carbocycles. The molecule has 2 aromatic rings. The summed E-state index contributed by atoms with van der Waals surface area (Å²) < 4.78 is 5.66. The number of anilines is 1. The Morgan fingerprint density at radius 3 is 2.37 bits per heavy atom. The molecule has 8 nitrogen and oxygen atoms in total. The number of nitrogens with zero attached hydrogens (tertiary/aromatic N) is 2.